The van der Waals surface area contributed by atoms with Crippen LogP contribution in [0.4, 0.5) is 17.6 Å². The summed E-state index contributed by atoms with van der Waals surface area (Å²) in [6.45, 7) is 2.27. The number of hydrogen-bond acceptors (Lipinski definition) is 5. The van der Waals surface area contributed by atoms with E-state index in [2.05, 4.69) is 10.4 Å². The number of halogens is 4. The van der Waals surface area contributed by atoms with Gasteiger partial charge in [-0.2, -0.15) is 18.3 Å². The van der Waals surface area contributed by atoms with E-state index in [9.17, 15) is 31.9 Å². The molecule has 0 fully saturated rings. The van der Waals surface area contributed by atoms with Gasteiger partial charge in [-0.3, -0.25) is 9.59 Å². The van der Waals surface area contributed by atoms with Gasteiger partial charge in [-0.1, -0.05) is 18.2 Å². The molecule has 0 aliphatic rings. The largest absolute Gasteiger partial charge is 0.451 e. The molecule has 3 aromatic rings. The molecule has 0 aliphatic heterocycles. The molecule has 0 spiro atoms. The zero-order valence-corrected chi connectivity index (χ0v) is 18.1. The number of nitrogens with one attached hydrogen (secondary N) is 1. The Morgan fingerprint density at radius 1 is 1.09 bits per heavy atom. The Bertz CT molecular complexity index is 1300. The predicted molar refractivity (Wildman–Crippen MR) is 113 cm³/mol. The van der Waals surface area contributed by atoms with Gasteiger partial charge in [0.2, 0.25) is 11.1 Å². The summed E-state index contributed by atoms with van der Waals surface area (Å²) >= 11 is 0. The summed E-state index contributed by atoms with van der Waals surface area (Å²) in [5.74, 6) is -2.36. The zero-order chi connectivity index (χ0) is 25.0. The number of carbonyl (C=O) groups is 2. The second-order valence-corrected chi connectivity index (χ2v) is 7.39. The SMILES string of the molecule is Cc1ccc(CNC(=O)COC(=O)c2nn(-c3cccc(C(F)(F)F)c3)c(C)cc2=O)cc1F. The van der Waals surface area contributed by atoms with E-state index in [0.29, 0.717) is 11.1 Å². The minimum Gasteiger partial charge on any atom is -0.451 e. The highest BCUT2D eigenvalue weighted by molar-refractivity contribution is 5.89. The molecule has 2 aromatic carbocycles. The van der Waals surface area contributed by atoms with E-state index in [1.807, 2.05) is 0 Å². The molecule has 1 heterocycles. The summed E-state index contributed by atoms with van der Waals surface area (Å²) in [5, 5.41) is 6.28. The van der Waals surface area contributed by atoms with Crippen LogP contribution in [-0.2, 0) is 22.3 Å². The Morgan fingerprint density at radius 3 is 2.50 bits per heavy atom. The van der Waals surface area contributed by atoms with Crippen LogP contribution >= 0.6 is 0 Å². The quantitative estimate of drug-likeness (QED) is 0.434. The lowest BCUT2D eigenvalue weighted by atomic mass is 10.1. The van der Waals surface area contributed by atoms with Crippen molar-refractivity contribution in [1.29, 1.82) is 0 Å². The van der Waals surface area contributed by atoms with Crippen LogP contribution in [0.2, 0.25) is 0 Å². The van der Waals surface area contributed by atoms with Gasteiger partial charge in [-0.15, -0.1) is 0 Å². The van der Waals surface area contributed by atoms with E-state index < -0.39 is 47.2 Å². The van der Waals surface area contributed by atoms with Gasteiger partial charge in [0.15, 0.2) is 6.61 Å². The van der Waals surface area contributed by atoms with E-state index in [4.69, 9.17) is 4.74 Å². The second kappa shape index (κ2) is 9.86. The molecule has 0 radical (unpaired) electrons. The monoisotopic (exact) mass is 477 g/mol. The van der Waals surface area contributed by atoms with Crippen molar-refractivity contribution in [2.24, 2.45) is 0 Å². The fraction of sp³-hybridized carbons (Fsp3) is 0.217. The Morgan fingerprint density at radius 2 is 1.82 bits per heavy atom. The van der Waals surface area contributed by atoms with Gasteiger partial charge < -0.3 is 10.1 Å². The number of nitrogens with zero attached hydrogens (tertiary/aromatic N) is 2. The molecule has 0 atom stereocenters. The molecule has 0 unspecified atom stereocenters. The fourth-order valence-electron chi connectivity index (χ4n) is 2.96. The number of amides is 1. The third kappa shape index (κ3) is 5.85. The normalized spacial score (nSPS) is 11.2. The lowest BCUT2D eigenvalue weighted by molar-refractivity contribution is -0.137. The fourth-order valence-corrected chi connectivity index (χ4v) is 2.96. The van der Waals surface area contributed by atoms with Gasteiger partial charge in [0.25, 0.3) is 5.91 Å². The molecule has 1 amide bonds. The highest BCUT2D eigenvalue weighted by atomic mass is 19.4. The highest BCUT2D eigenvalue weighted by Crippen LogP contribution is 2.30. The summed E-state index contributed by atoms with van der Waals surface area (Å²) in [4.78, 5) is 36.5. The number of carbonyl (C=O) groups excluding carboxylic acids is 2. The first-order chi connectivity index (χ1) is 16.0. The predicted octanol–water partition coefficient (Wildman–Crippen LogP) is 3.48. The lowest BCUT2D eigenvalue weighted by Crippen LogP contribution is -2.30. The molecule has 0 aliphatic carbocycles. The van der Waals surface area contributed by atoms with Crippen LogP contribution in [0.3, 0.4) is 0 Å². The van der Waals surface area contributed by atoms with Crippen LogP contribution in [0, 0.1) is 19.7 Å². The number of benzene rings is 2. The molecule has 7 nitrogen and oxygen atoms in total. The molecule has 0 bridgehead atoms. The molecular weight excluding hydrogens is 458 g/mol. The van der Waals surface area contributed by atoms with Crippen LogP contribution in [-0.4, -0.2) is 28.3 Å². The topological polar surface area (TPSA) is 90.3 Å². The number of rotatable bonds is 6. The first-order valence-electron chi connectivity index (χ1n) is 9.93. The van der Waals surface area contributed by atoms with Gasteiger partial charge >= 0.3 is 12.1 Å². The number of ether oxygens (including phenoxy) is 1. The van der Waals surface area contributed by atoms with Crippen LogP contribution in [0.25, 0.3) is 5.69 Å². The summed E-state index contributed by atoms with van der Waals surface area (Å²) in [7, 11) is 0. The smallest absolute Gasteiger partial charge is 0.416 e. The average molecular weight is 477 g/mol. The van der Waals surface area contributed by atoms with Gasteiger partial charge in [0.1, 0.15) is 5.82 Å². The van der Waals surface area contributed by atoms with Gasteiger partial charge in [0, 0.05) is 18.3 Å². The third-order valence-electron chi connectivity index (χ3n) is 4.78. The Kier molecular flexibility index (Phi) is 7.14. The van der Waals surface area contributed by atoms with Crippen molar-refractivity contribution in [3.63, 3.8) is 0 Å². The summed E-state index contributed by atoms with van der Waals surface area (Å²) < 4.78 is 58.5. The Balaban J connectivity index is 1.71. The Hall–Kier alpha value is -4.02. The number of aromatic nitrogens is 2. The molecule has 1 aromatic heterocycles. The maximum atomic E-state index is 13.6. The van der Waals surface area contributed by atoms with Crippen LogP contribution in [0.1, 0.15) is 32.9 Å². The number of alkyl halides is 3. The Labute approximate surface area is 191 Å². The van der Waals surface area contributed by atoms with E-state index in [1.165, 1.54) is 25.1 Å². The zero-order valence-electron chi connectivity index (χ0n) is 18.1. The van der Waals surface area contributed by atoms with Crippen molar-refractivity contribution in [3.8, 4) is 5.69 Å². The number of hydrogen-bond donors (Lipinski definition) is 1. The molecular formula is C23H19F4N3O4. The van der Waals surface area contributed by atoms with Crippen molar-refractivity contribution in [1.82, 2.24) is 15.1 Å². The van der Waals surface area contributed by atoms with E-state index in [-0.39, 0.29) is 17.9 Å². The van der Waals surface area contributed by atoms with Crippen molar-refractivity contribution >= 4 is 11.9 Å². The van der Waals surface area contributed by atoms with Crippen molar-refractivity contribution in [2.75, 3.05) is 6.61 Å². The second-order valence-electron chi connectivity index (χ2n) is 7.39. The van der Waals surface area contributed by atoms with Gasteiger partial charge in [0.05, 0.1) is 11.3 Å². The highest BCUT2D eigenvalue weighted by Gasteiger charge is 2.30. The minimum atomic E-state index is -4.59. The molecule has 3 rings (SSSR count). The van der Waals surface area contributed by atoms with Gasteiger partial charge in [-0.05, 0) is 49.2 Å². The molecule has 0 saturated carbocycles. The first-order valence-corrected chi connectivity index (χ1v) is 9.93. The van der Waals surface area contributed by atoms with Gasteiger partial charge in [-0.25, -0.2) is 13.9 Å². The molecule has 178 valence electrons. The van der Waals surface area contributed by atoms with E-state index in [0.717, 1.165) is 22.9 Å². The average Bonchev–Trinajstić information content (AvgIpc) is 2.78. The minimum absolute atomic E-state index is 0.0152. The van der Waals surface area contributed by atoms with E-state index in [1.54, 1.807) is 19.1 Å². The van der Waals surface area contributed by atoms with E-state index >= 15 is 0 Å². The summed E-state index contributed by atoms with van der Waals surface area (Å²) in [6, 6.07) is 9.65. The third-order valence-corrected chi connectivity index (χ3v) is 4.78. The first kappa shape index (κ1) is 24.6. The standard InChI is InChI=1S/C23H19F4N3O4/c1-13-6-7-15(9-18(13)24)11-28-20(32)12-34-22(33)21-19(31)8-14(2)30(29-21)17-5-3-4-16(10-17)23(25,26)27/h3-10H,11-12H2,1-2H3,(H,28,32). The molecule has 1 N–H and O–H groups in total. The van der Waals surface area contributed by atoms with Crippen molar-refractivity contribution < 1.29 is 31.9 Å². The van der Waals surface area contributed by atoms with Crippen molar-refractivity contribution in [3.05, 3.63) is 92.6 Å². The molecule has 0 saturated heterocycles. The maximum absolute atomic E-state index is 13.6. The lowest BCUT2D eigenvalue weighted by Gasteiger charge is -2.13. The number of aryl methyl sites for hydroxylation is 2. The molecule has 11 heteroatoms. The maximum Gasteiger partial charge on any atom is 0.416 e. The van der Waals surface area contributed by atoms with Crippen LogP contribution in [0.15, 0.2) is 53.3 Å². The van der Waals surface area contributed by atoms with Crippen LogP contribution < -0.4 is 10.7 Å². The number of esters is 1. The van der Waals surface area contributed by atoms with Crippen molar-refractivity contribution in [2.45, 2.75) is 26.6 Å². The van der Waals surface area contributed by atoms with Crippen LogP contribution in [0.5, 0.6) is 0 Å². The molecule has 34 heavy (non-hydrogen) atoms. The summed E-state index contributed by atoms with van der Waals surface area (Å²) in [6.07, 6.45) is -4.59. The summed E-state index contributed by atoms with van der Waals surface area (Å²) in [5.41, 5.74) is -1.34.